The molecule has 0 bridgehead atoms. The average Bonchev–Trinajstić information content (AvgIpc) is 2.62. The molecule has 1 aliphatic carbocycles. The van der Waals surface area contributed by atoms with Crippen molar-refractivity contribution < 1.29 is 0 Å². The van der Waals surface area contributed by atoms with Crippen LogP contribution >= 0.6 is 0 Å². The highest BCUT2D eigenvalue weighted by molar-refractivity contribution is 4.72. The third kappa shape index (κ3) is 3.27. The van der Waals surface area contributed by atoms with E-state index in [0.717, 1.165) is 5.92 Å². The molecule has 2 aliphatic rings. The predicted molar refractivity (Wildman–Crippen MR) is 61.5 cm³/mol. The maximum atomic E-state index is 2.70. The fourth-order valence-electron chi connectivity index (χ4n) is 3.05. The van der Waals surface area contributed by atoms with E-state index in [-0.39, 0.29) is 0 Å². The smallest absolute Gasteiger partial charge is 0.000966 e. The van der Waals surface area contributed by atoms with Crippen molar-refractivity contribution in [2.24, 2.45) is 5.92 Å². The van der Waals surface area contributed by atoms with E-state index < -0.39 is 0 Å². The molecule has 82 valence electrons. The molecule has 1 heterocycles. The highest BCUT2D eigenvalue weighted by atomic mass is 15.1. The van der Waals surface area contributed by atoms with E-state index in [1.165, 1.54) is 77.4 Å². The van der Waals surface area contributed by atoms with Crippen LogP contribution in [0.15, 0.2) is 0 Å². The molecule has 0 spiro atoms. The summed E-state index contributed by atoms with van der Waals surface area (Å²) in [5.41, 5.74) is 0. The average molecular weight is 195 g/mol. The number of likely N-dealkylation sites (tertiary alicyclic amines) is 1. The molecule has 2 rings (SSSR count). The topological polar surface area (TPSA) is 3.24 Å². The lowest BCUT2D eigenvalue weighted by Gasteiger charge is -2.24. The van der Waals surface area contributed by atoms with Gasteiger partial charge in [-0.2, -0.15) is 0 Å². The molecule has 14 heavy (non-hydrogen) atoms. The Morgan fingerprint density at radius 3 is 1.93 bits per heavy atom. The maximum absolute atomic E-state index is 2.70. The van der Waals surface area contributed by atoms with Gasteiger partial charge in [0, 0.05) is 6.54 Å². The molecular weight excluding hydrogens is 170 g/mol. The van der Waals surface area contributed by atoms with Gasteiger partial charge in [0.2, 0.25) is 0 Å². The van der Waals surface area contributed by atoms with Gasteiger partial charge in [0.25, 0.3) is 0 Å². The van der Waals surface area contributed by atoms with Crippen molar-refractivity contribution in [3.05, 3.63) is 0 Å². The summed E-state index contributed by atoms with van der Waals surface area (Å²) in [6.07, 6.45) is 13.4. The number of rotatable bonds is 2. The van der Waals surface area contributed by atoms with Crippen LogP contribution in [0.1, 0.15) is 57.8 Å². The summed E-state index contributed by atoms with van der Waals surface area (Å²) in [5, 5.41) is 0. The van der Waals surface area contributed by atoms with Crippen molar-refractivity contribution >= 4 is 0 Å². The predicted octanol–water partition coefficient (Wildman–Crippen LogP) is 3.44. The summed E-state index contributed by atoms with van der Waals surface area (Å²) in [7, 11) is 0. The lowest BCUT2D eigenvalue weighted by atomic mass is 9.91. The van der Waals surface area contributed by atoms with E-state index in [2.05, 4.69) is 4.90 Å². The number of nitrogens with zero attached hydrogens (tertiary/aromatic N) is 1. The molecule has 0 radical (unpaired) electrons. The summed E-state index contributed by atoms with van der Waals surface area (Å²) in [5.74, 6) is 1.04. The molecule has 0 atom stereocenters. The maximum Gasteiger partial charge on any atom is 0.000966 e. The zero-order valence-electron chi connectivity index (χ0n) is 9.51. The Morgan fingerprint density at radius 1 is 0.714 bits per heavy atom. The van der Waals surface area contributed by atoms with Gasteiger partial charge in [0.15, 0.2) is 0 Å². The molecule has 1 heteroatoms. The van der Waals surface area contributed by atoms with Gasteiger partial charge < -0.3 is 4.90 Å². The summed E-state index contributed by atoms with van der Waals surface area (Å²) in [6.45, 7) is 4.19. The molecule has 1 aliphatic heterocycles. The van der Waals surface area contributed by atoms with E-state index in [9.17, 15) is 0 Å². The second-order valence-corrected chi connectivity index (χ2v) is 5.22. The molecule has 0 N–H and O–H groups in total. The van der Waals surface area contributed by atoms with Gasteiger partial charge in [-0.25, -0.2) is 0 Å². The monoisotopic (exact) mass is 195 g/mol. The van der Waals surface area contributed by atoms with Gasteiger partial charge in [-0.1, -0.05) is 32.1 Å². The zero-order chi connectivity index (χ0) is 9.64. The van der Waals surface area contributed by atoms with Gasteiger partial charge >= 0.3 is 0 Å². The quantitative estimate of drug-likeness (QED) is 0.652. The number of hydrogen-bond acceptors (Lipinski definition) is 1. The van der Waals surface area contributed by atoms with Gasteiger partial charge in [0.1, 0.15) is 0 Å². The molecule has 0 unspecified atom stereocenters. The first-order valence-electron chi connectivity index (χ1n) is 6.67. The first kappa shape index (κ1) is 10.5. The van der Waals surface area contributed by atoms with Crippen LogP contribution in [-0.2, 0) is 0 Å². The molecular formula is C13H25N. The van der Waals surface area contributed by atoms with Gasteiger partial charge in [-0.15, -0.1) is 0 Å². The second kappa shape index (κ2) is 5.75. The van der Waals surface area contributed by atoms with Crippen molar-refractivity contribution in [3.63, 3.8) is 0 Å². The normalized spacial score (nSPS) is 27.4. The Morgan fingerprint density at radius 2 is 1.29 bits per heavy atom. The fraction of sp³-hybridized carbons (Fsp3) is 1.00. The van der Waals surface area contributed by atoms with Crippen LogP contribution in [0.5, 0.6) is 0 Å². The van der Waals surface area contributed by atoms with E-state index >= 15 is 0 Å². The van der Waals surface area contributed by atoms with Crippen LogP contribution in [0.25, 0.3) is 0 Å². The molecule has 2 fully saturated rings. The van der Waals surface area contributed by atoms with Crippen molar-refractivity contribution in [1.82, 2.24) is 4.90 Å². The highest BCUT2D eigenvalue weighted by Crippen LogP contribution is 2.24. The van der Waals surface area contributed by atoms with Crippen LogP contribution in [0, 0.1) is 5.92 Å². The third-order valence-electron chi connectivity index (χ3n) is 3.94. The van der Waals surface area contributed by atoms with Crippen LogP contribution in [0.4, 0.5) is 0 Å². The third-order valence-corrected chi connectivity index (χ3v) is 3.94. The van der Waals surface area contributed by atoms with Gasteiger partial charge in [-0.05, 0) is 44.7 Å². The van der Waals surface area contributed by atoms with Crippen LogP contribution < -0.4 is 0 Å². The minimum absolute atomic E-state index is 1.04. The molecule has 0 aromatic heterocycles. The van der Waals surface area contributed by atoms with Gasteiger partial charge in [-0.3, -0.25) is 0 Å². The largest absolute Gasteiger partial charge is 0.303 e. The lowest BCUT2D eigenvalue weighted by Crippen LogP contribution is -2.27. The molecule has 1 saturated carbocycles. The van der Waals surface area contributed by atoms with Crippen LogP contribution in [-0.4, -0.2) is 24.5 Å². The Labute approximate surface area is 88.9 Å². The highest BCUT2D eigenvalue weighted by Gasteiger charge is 2.17. The van der Waals surface area contributed by atoms with Crippen molar-refractivity contribution in [1.29, 1.82) is 0 Å². The SMILES string of the molecule is C1CCCC(CN2CCCC2)CCC1. The summed E-state index contributed by atoms with van der Waals surface area (Å²) >= 11 is 0. The molecule has 1 saturated heterocycles. The Bertz CT molecular complexity index is 141. The Kier molecular flexibility index (Phi) is 4.30. The minimum Gasteiger partial charge on any atom is -0.303 e. The molecule has 0 aromatic carbocycles. The summed E-state index contributed by atoms with van der Waals surface area (Å²) in [6, 6.07) is 0. The van der Waals surface area contributed by atoms with Crippen molar-refractivity contribution in [3.8, 4) is 0 Å². The van der Waals surface area contributed by atoms with Crippen LogP contribution in [0.3, 0.4) is 0 Å². The summed E-state index contributed by atoms with van der Waals surface area (Å²) in [4.78, 5) is 2.70. The van der Waals surface area contributed by atoms with Crippen molar-refractivity contribution in [2.45, 2.75) is 57.8 Å². The van der Waals surface area contributed by atoms with Crippen molar-refractivity contribution in [2.75, 3.05) is 19.6 Å². The minimum atomic E-state index is 1.04. The Hall–Kier alpha value is -0.0400. The van der Waals surface area contributed by atoms with E-state index in [1.807, 2.05) is 0 Å². The first-order chi connectivity index (χ1) is 6.95. The zero-order valence-corrected chi connectivity index (χ0v) is 9.51. The molecule has 0 aromatic rings. The van der Waals surface area contributed by atoms with E-state index in [1.54, 1.807) is 0 Å². The van der Waals surface area contributed by atoms with Gasteiger partial charge in [0.05, 0.1) is 0 Å². The Balaban J connectivity index is 1.70. The fourth-order valence-corrected chi connectivity index (χ4v) is 3.05. The second-order valence-electron chi connectivity index (χ2n) is 5.22. The molecule has 0 amide bonds. The van der Waals surface area contributed by atoms with E-state index in [0.29, 0.717) is 0 Å². The standard InChI is InChI=1S/C13H25N/c1-2-4-8-13(9-5-3-1)12-14-10-6-7-11-14/h13H,1-12H2. The molecule has 1 nitrogen and oxygen atoms in total. The number of hydrogen-bond donors (Lipinski definition) is 0. The van der Waals surface area contributed by atoms with Crippen LogP contribution in [0.2, 0.25) is 0 Å². The van der Waals surface area contributed by atoms with E-state index in [4.69, 9.17) is 0 Å². The first-order valence-corrected chi connectivity index (χ1v) is 6.67. The summed E-state index contributed by atoms with van der Waals surface area (Å²) < 4.78 is 0. The lowest BCUT2D eigenvalue weighted by molar-refractivity contribution is 0.244.